The first kappa shape index (κ1) is 24.6. The second-order valence-corrected chi connectivity index (χ2v) is 10.8. The third-order valence-corrected chi connectivity index (χ3v) is 6.83. The number of hydrogen-bond acceptors (Lipinski definition) is 4. The van der Waals surface area contributed by atoms with E-state index in [0.717, 1.165) is 24.5 Å². The summed E-state index contributed by atoms with van der Waals surface area (Å²) in [5, 5.41) is 21.7. The zero-order valence-electron chi connectivity index (χ0n) is 18.2. The summed E-state index contributed by atoms with van der Waals surface area (Å²) in [6.07, 6.45) is -5.94. The second kappa shape index (κ2) is 8.08. The normalized spacial score (nSPS) is 14.7. The number of hydrogen-bond donors (Lipinski definition) is 3. The van der Waals surface area contributed by atoms with E-state index in [4.69, 9.17) is 6.57 Å². The fraction of sp³-hybridized carbons (Fsp3) is 0.348. The van der Waals surface area contributed by atoms with Crippen LogP contribution >= 0.6 is 0 Å². The number of phenols is 1. The van der Waals surface area contributed by atoms with E-state index in [1.165, 1.54) is 13.8 Å². The highest BCUT2D eigenvalue weighted by Gasteiger charge is 2.56. The number of alkyl halides is 3. The van der Waals surface area contributed by atoms with E-state index in [1.807, 2.05) is 0 Å². The molecule has 0 saturated heterocycles. The van der Waals surface area contributed by atoms with E-state index in [-0.39, 0.29) is 27.6 Å². The molecule has 0 aliphatic heterocycles. The molecule has 176 valence electrons. The number of nitrogens with one attached hydrogen (secondary N) is 1. The van der Waals surface area contributed by atoms with Gasteiger partial charge in [-0.1, -0.05) is 32.0 Å². The van der Waals surface area contributed by atoms with Crippen LogP contribution in [-0.2, 0) is 21.7 Å². The van der Waals surface area contributed by atoms with E-state index in [9.17, 15) is 31.8 Å². The summed E-state index contributed by atoms with van der Waals surface area (Å²) in [5.74, 6) is -0.385. The van der Waals surface area contributed by atoms with Gasteiger partial charge in [-0.25, -0.2) is 13.3 Å². The Hall–Kier alpha value is -3.03. The second-order valence-electron chi connectivity index (χ2n) is 8.83. The minimum absolute atomic E-state index is 0.00648. The van der Waals surface area contributed by atoms with Crippen LogP contribution in [0.2, 0.25) is 0 Å². The van der Waals surface area contributed by atoms with Crippen molar-refractivity contribution in [1.29, 1.82) is 0 Å². The summed E-state index contributed by atoms with van der Waals surface area (Å²) in [7, 11) is -3.68. The number of rotatable bonds is 6. The van der Waals surface area contributed by atoms with Crippen LogP contribution in [0.1, 0.15) is 31.5 Å². The van der Waals surface area contributed by atoms with Crippen LogP contribution in [0.5, 0.6) is 5.75 Å². The molecule has 3 rings (SSSR count). The Kier molecular flexibility index (Phi) is 6.02. The van der Waals surface area contributed by atoms with Gasteiger partial charge in [-0.05, 0) is 36.1 Å². The zero-order chi connectivity index (χ0) is 24.8. The highest BCUT2D eigenvalue weighted by atomic mass is 32.2. The van der Waals surface area contributed by atoms with Gasteiger partial charge >= 0.3 is 6.18 Å². The standard InChI is InChI=1S/C23H23F3N2O4S/c1-21(2,16-11-14(33(4,31)32)9-10-19(16)29)13-22(30,23(24,25)26)12-18-20(27-3)15-7-5-6-8-17(15)28-18/h5-11,28-30H,12-13H2,1-2,4H3. The SMILES string of the molecule is [C-]#[N+]c1c(CC(O)(CC(C)(C)c2cc(S(C)(=O)=O)ccc2O)C(F)(F)F)[nH]c2ccccc12. The zero-order valence-corrected chi connectivity index (χ0v) is 19.0. The van der Waals surface area contributed by atoms with E-state index in [2.05, 4.69) is 9.83 Å². The van der Waals surface area contributed by atoms with Gasteiger partial charge in [0.1, 0.15) is 5.75 Å². The Labute approximate surface area is 189 Å². The first-order valence-electron chi connectivity index (χ1n) is 9.89. The van der Waals surface area contributed by atoms with Crippen LogP contribution in [0.4, 0.5) is 18.9 Å². The molecule has 33 heavy (non-hydrogen) atoms. The molecular weight excluding hydrogens is 457 g/mol. The van der Waals surface area contributed by atoms with E-state index < -0.39 is 39.9 Å². The first-order chi connectivity index (χ1) is 15.1. The van der Waals surface area contributed by atoms with Crippen molar-refractivity contribution in [3.8, 4) is 5.75 Å². The van der Waals surface area contributed by atoms with Crippen molar-refractivity contribution in [2.75, 3.05) is 6.26 Å². The van der Waals surface area contributed by atoms with Gasteiger partial charge in [0, 0.05) is 34.8 Å². The summed E-state index contributed by atoms with van der Waals surface area (Å²) < 4.78 is 66.4. The summed E-state index contributed by atoms with van der Waals surface area (Å²) >= 11 is 0. The number of nitrogens with zero attached hydrogens (tertiary/aromatic N) is 1. The van der Waals surface area contributed by atoms with Gasteiger partial charge in [0.25, 0.3) is 0 Å². The van der Waals surface area contributed by atoms with Crippen LogP contribution in [0.15, 0.2) is 47.4 Å². The summed E-state index contributed by atoms with van der Waals surface area (Å²) in [5.41, 5.74) is -4.40. The van der Waals surface area contributed by atoms with Crippen molar-refractivity contribution in [3.05, 3.63) is 65.1 Å². The molecule has 3 aromatic rings. The van der Waals surface area contributed by atoms with Gasteiger partial charge in [0.2, 0.25) is 5.69 Å². The molecule has 1 aromatic heterocycles. The lowest BCUT2D eigenvalue weighted by atomic mass is 9.73. The largest absolute Gasteiger partial charge is 0.508 e. The lowest BCUT2D eigenvalue weighted by Crippen LogP contribution is -2.51. The number of sulfone groups is 1. The number of fused-ring (bicyclic) bond motifs is 1. The molecule has 0 radical (unpaired) electrons. The number of H-pyrrole nitrogens is 1. The Morgan fingerprint density at radius 3 is 2.33 bits per heavy atom. The fourth-order valence-electron chi connectivity index (χ4n) is 4.11. The molecule has 0 saturated carbocycles. The third kappa shape index (κ3) is 4.70. The van der Waals surface area contributed by atoms with Crippen LogP contribution in [0.3, 0.4) is 0 Å². The van der Waals surface area contributed by atoms with Gasteiger partial charge in [-0.3, -0.25) is 0 Å². The lowest BCUT2D eigenvalue weighted by molar-refractivity contribution is -0.266. The number of aliphatic hydroxyl groups is 1. The van der Waals surface area contributed by atoms with Gasteiger partial charge in [-0.2, -0.15) is 13.2 Å². The molecule has 10 heteroatoms. The van der Waals surface area contributed by atoms with Crippen molar-refractivity contribution in [3.63, 3.8) is 0 Å². The Bertz CT molecular complexity index is 1350. The van der Waals surface area contributed by atoms with Gasteiger partial charge < -0.3 is 15.2 Å². The predicted molar refractivity (Wildman–Crippen MR) is 118 cm³/mol. The van der Waals surface area contributed by atoms with Gasteiger partial charge in [0.15, 0.2) is 15.4 Å². The molecule has 2 aromatic carbocycles. The predicted octanol–water partition coefficient (Wildman–Crippen LogP) is 5.03. The maximum absolute atomic E-state index is 14.2. The molecule has 0 aliphatic rings. The number of phenolic OH excluding ortho intramolecular Hbond substituents is 1. The van der Waals surface area contributed by atoms with Gasteiger partial charge in [0.05, 0.1) is 11.5 Å². The fourth-order valence-corrected chi connectivity index (χ4v) is 4.76. The summed E-state index contributed by atoms with van der Waals surface area (Å²) in [4.78, 5) is 6.01. The lowest BCUT2D eigenvalue weighted by Gasteiger charge is -2.38. The number of para-hydroxylation sites is 1. The molecule has 1 unspecified atom stereocenters. The van der Waals surface area contributed by atoms with Crippen LogP contribution in [0, 0.1) is 6.57 Å². The highest BCUT2D eigenvalue weighted by Crippen LogP contribution is 2.46. The molecular formula is C23H23F3N2O4S. The van der Waals surface area contributed by atoms with Crippen molar-refractivity contribution in [2.24, 2.45) is 0 Å². The van der Waals surface area contributed by atoms with E-state index in [0.29, 0.717) is 10.9 Å². The Morgan fingerprint density at radius 2 is 1.76 bits per heavy atom. The molecule has 0 bridgehead atoms. The molecule has 3 N–H and O–H groups in total. The number of benzene rings is 2. The van der Waals surface area contributed by atoms with Crippen molar-refractivity contribution < 1.29 is 31.8 Å². The number of halogens is 3. The van der Waals surface area contributed by atoms with Crippen LogP contribution in [-0.4, -0.2) is 41.6 Å². The minimum atomic E-state index is -5.08. The summed E-state index contributed by atoms with van der Waals surface area (Å²) in [6.45, 7) is 10.2. The highest BCUT2D eigenvalue weighted by molar-refractivity contribution is 7.90. The average molecular weight is 481 g/mol. The number of aromatic amines is 1. The smallest absolute Gasteiger partial charge is 0.417 e. The molecule has 1 heterocycles. The maximum Gasteiger partial charge on any atom is 0.417 e. The molecule has 0 amide bonds. The van der Waals surface area contributed by atoms with Crippen molar-refractivity contribution in [2.45, 2.75) is 48.8 Å². The molecule has 6 nitrogen and oxygen atoms in total. The van der Waals surface area contributed by atoms with Crippen molar-refractivity contribution >= 4 is 26.4 Å². The molecule has 1 atom stereocenters. The molecule has 0 aliphatic carbocycles. The third-order valence-electron chi connectivity index (χ3n) is 5.72. The van der Waals surface area contributed by atoms with E-state index >= 15 is 0 Å². The Morgan fingerprint density at radius 1 is 1.12 bits per heavy atom. The quantitative estimate of drug-likeness (QED) is 0.431. The monoisotopic (exact) mass is 480 g/mol. The molecule has 0 fully saturated rings. The molecule has 0 spiro atoms. The van der Waals surface area contributed by atoms with Crippen molar-refractivity contribution in [1.82, 2.24) is 4.98 Å². The minimum Gasteiger partial charge on any atom is -0.508 e. The average Bonchev–Trinajstić information content (AvgIpc) is 3.02. The first-order valence-corrected chi connectivity index (χ1v) is 11.8. The maximum atomic E-state index is 14.2. The number of aromatic hydroxyl groups is 1. The number of aromatic nitrogens is 1. The Balaban J connectivity index is 2.09. The van der Waals surface area contributed by atoms with E-state index in [1.54, 1.807) is 24.3 Å². The topological polar surface area (TPSA) is 94.8 Å². The van der Waals surface area contributed by atoms with Crippen LogP contribution in [0.25, 0.3) is 15.7 Å². The van der Waals surface area contributed by atoms with Crippen LogP contribution < -0.4 is 0 Å². The summed E-state index contributed by atoms with van der Waals surface area (Å²) in [6, 6.07) is 9.95. The van der Waals surface area contributed by atoms with Gasteiger partial charge in [-0.15, -0.1) is 0 Å².